The molecule has 4 heteroatoms. The molecule has 0 aliphatic carbocycles. The van der Waals surface area contributed by atoms with Gasteiger partial charge in [-0.25, -0.2) is 4.98 Å². The quantitative estimate of drug-likeness (QED) is 0.764. The Morgan fingerprint density at radius 1 is 1.69 bits per heavy atom. The highest BCUT2D eigenvalue weighted by atomic mass is 32.2. The van der Waals surface area contributed by atoms with Crippen LogP contribution in [-0.2, 0) is 0 Å². The summed E-state index contributed by atoms with van der Waals surface area (Å²) in [6, 6.07) is 0. The average Bonchev–Trinajstić information content (AvgIpc) is 2.51. The Bertz CT molecular complexity index is 247. The molecule has 0 spiro atoms. The van der Waals surface area contributed by atoms with Gasteiger partial charge in [-0.1, -0.05) is 6.92 Å². The molecule has 0 saturated heterocycles. The third-order valence-corrected chi connectivity index (χ3v) is 2.99. The first-order chi connectivity index (χ1) is 6.22. The van der Waals surface area contributed by atoms with E-state index in [9.17, 15) is 0 Å². The van der Waals surface area contributed by atoms with Crippen molar-refractivity contribution in [2.24, 2.45) is 0 Å². The second-order valence-corrected chi connectivity index (χ2v) is 4.45. The Balaban J connectivity index is 2.20. The minimum Gasteiger partial charge on any atom is -0.356 e. The molecule has 0 aliphatic rings. The lowest BCUT2D eigenvalue weighted by Gasteiger charge is -2.07. The highest BCUT2D eigenvalue weighted by Gasteiger charge is 1.99. The van der Waals surface area contributed by atoms with Crippen LogP contribution in [0.2, 0.25) is 0 Å². The van der Waals surface area contributed by atoms with E-state index in [1.807, 2.05) is 24.9 Å². The van der Waals surface area contributed by atoms with Gasteiger partial charge in [-0.15, -0.1) is 0 Å². The number of nitrogens with one attached hydrogen (secondary N) is 2. The summed E-state index contributed by atoms with van der Waals surface area (Å²) in [5, 5.41) is 3.96. The zero-order valence-electron chi connectivity index (χ0n) is 8.42. The Labute approximate surface area is 83.7 Å². The van der Waals surface area contributed by atoms with E-state index in [0.29, 0.717) is 5.25 Å². The minimum absolute atomic E-state index is 0.712. The molecule has 3 nitrogen and oxygen atoms in total. The molecule has 1 heterocycles. The van der Waals surface area contributed by atoms with E-state index in [2.05, 4.69) is 28.5 Å². The predicted octanol–water partition coefficient (Wildman–Crippen LogP) is 2.27. The number of rotatable bonds is 5. The molecule has 0 bridgehead atoms. The van der Waals surface area contributed by atoms with Crippen LogP contribution in [0.3, 0.4) is 0 Å². The molecule has 74 valence electrons. The van der Waals surface area contributed by atoms with Crippen molar-refractivity contribution in [1.82, 2.24) is 9.97 Å². The van der Waals surface area contributed by atoms with Crippen LogP contribution in [0.15, 0.2) is 6.20 Å². The maximum absolute atomic E-state index is 4.16. The van der Waals surface area contributed by atoms with Gasteiger partial charge in [0.25, 0.3) is 0 Å². The summed E-state index contributed by atoms with van der Waals surface area (Å²) in [4.78, 5) is 7.30. The second kappa shape index (κ2) is 5.17. The van der Waals surface area contributed by atoms with Gasteiger partial charge in [0.1, 0.15) is 0 Å². The molecule has 1 rings (SSSR count). The van der Waals surface area contributed by atoms with Gasteiger partial charge < -0.3 is 10.3 Å². The maximum atomic E-state index is 4.16. The van der Waals surface area contributed by atoms with Crippen LogP contribution in [0, 0.1) is 6.92 Å². The number of H-pyrrole nitrogens is 1. The summed E-state index contributed by atoms with van der Waals surface area (Å²) in [6.45, 7) is 5.22. The normalized spacial score (nSPS) is 12.8. The predicted molar refractivity (Wildman–Crippen MR) is 59.4 cm³/mol. The van der Waals surface area contributed by atoms with E-state index in [4.69, 9.17) is 0 Å². The van der Waals surface area contributed by atoms with Crippen molar-refractivity contribution < 1.29 is 0 Å². The van der Waals surface area contributed by atoms with E-state index >= 15 is 0 Å². The molecular formula is C9H17N3S. The van der Waals surface area contributed by atoms with Crippen molar-refractivity contribution in [2.75, 3.05) is 18.1 Å². The van der Waals surface area contributed by atoms with E-state index < -0.39 is 0 Å². The van der Waals surface area contributed by atoms with Gasteiger partial charge >= 0.3 is 0 Å². The molecule has 0 radical (unpaired) electrons. The van der Waals surface area contributed by atoms with E-state index in [1.165, 1.54) is 6.42 Å². The van der Waals surface area contributed by atoms with Crippen molar-refractivity contribution in [3.05, 3.63) is 11.9 Å². The zero-order chi connectivity index (χ0) is 9.68. The number of thioether (sulfide) groups is 1. The molecule has 1 aromatic heterocycles. The van der Waals surface area contributed by atoms with E-state index in [1.54, 1.807) is 0 Å². The third-order valence-electron chi connectivity index (χ3n) is 1.95. The largest absolute Gasteiger partial charge is 0.356 e. The fourth-order valence-electron chi connectivity index (χ4n) is 1.01. The summed E-state index contributed by atoms with van der Waals surface area (Å²) in [5.74, 6) is 0.880. The van der Waals surface area contributed by atoms with E-state index in [0.717, 1.165) is 18.2 Å². The van der Waals surface area contributed by atoms with E-state index in [-0.39, 0.29) is 0 Å². The number of hydrogen-bond acceptors (Lipinski definition) is 3. The van der Waals surface area contributed by atoms with Gasteiger partial charge in [-0.05, 0) is 19.6 Å². The molecule has 1 atom stereocenters. The molecule has 1 unspecified atom stereocenters. The van der Waals surface area contributed by atoms with Crippen molar-refractivity contribution in [2.45, 2.75) is 25.5 Å². The Morgan fingerprint density at radius 3 is 3.00 bits per heavy atom. The highest BCUT2D eigenvalue weighted by molar-refractivity contribution is 7.99. The fourth-order valence-corrected chi connectivity index (χ4v) is 1.37. The number of aryl methyl sites for hydroxylation is 1. The SMILES string of the molecule is CSC(C)CCNc1ncc(C)[nH]1. The Kier molecular flexibility index (Phi) is 4.15. The first kappa shape index (κ1) is 10.4. The number of imidazole rings is 1. The van der Waals surface area contributed by atoms with Crippen molar-refractivity contribution in [3.8, 4) is 0 Å². The first-order valence-electron chi connectivity index (χ1n) is 4.50. The lowest BCUT2D eigenvalue weighted by molar-refractivity contribution is 0.847. The standard InChI is InChI=1S/C9H17N3S/c1-7-6-11-9(12-7)10-5-4-8(2)13-3/h6,8H,4-5H2,1-3H3,(H2,10,11,12). The summed E-state index contributed by atoms with van der Waals surface area (Å²) in [5.41, 5.74) is 1.10. The smallest absolute Gasteiger partial charge is 0.200 e. The molecule has 0 aliphatic heterocycles. The topological polar surface area (TPSA) is 40.7 Å². The second-order valence-electron chi connectivity index (χ2n) is 3.18. The number of anilines is 1. The number of aromatic amines is 1. The summed E-state index contributed by atoms with van der Waals surface area (Å²) in [7, 11) is 0. The maximum Gasteiger partial charge on any atom is 0.200 e. The highest BCUT2D eigenvalue weighted by Crippen LogP contribution is 2.09. The molecule has 1 aromatic rings. The van der Waals surface area contributed by atoms with Crippen LogP contribution in [-0.4, -0.2) is 28.0 Å². The van der Waals surface area contributed by atoms with Gasteiger partial charge in [-0.3, -0.25) is 0 Å². The van der Waals surface area contributed by atoms with Crippen LogP contribution < -0.4 is 5.32 Å². The number of nitrogens with zero attached hydrogens (tertiary/aromatic N) is 1. The summed E-state index contributed by atoms with van der Waals surface area (Å²) < 4.78 is 0. The lowest BCUT2D eigenvalue weighted by Crippen LogP contribution is -2.08. The van der Waals surface area contributed by atoms with Crippen LogP contribution in [0.5, 0.6) is 0 Å². The molecule has 0 saturated carbocycles. The zero-order valence-corrected chi connectivity index (χ0v) is 9.24. The minimum atomic E-state index is 0.712. The summed E-state index contributed by atoms with van der Waals surface area (Å²) >= 11 is 1.89. The van der Waals surface area contributed by atoms with Gasteiger partial charge in [-0.2, -0.15) is 11.8 Å². The monoisotopic (exact) mass is 199 g/mol. The molecule has 0 fully saturated rings. The molecule has 13 heavy (non-hydrogen) atoms. The Hall–Kier alpha value is -0.640. The first-order valence-corrected chi connectivity index (χ1v) is 5.79. The molecule has 2 N–H and O–H groups in total. The van der Waals surface area contributed by atoms with Crippen molar-refractivity contribution in [1.29, 1.82) is 0 Å². The van der Waals surface area contributed by atoms with Crippen LogP contribution in [0.4, 0.5) is 5.95 Å². The van der Waals surface area contributed by atoms with Crippen LogP contribution in [0.25, 0.3) is 0 Å². The van der Waals surface area contributed by atoms with Gasteiger partial charge in [0, 0.05) is 23.7 Å². The van der Waals surface area contributed by atoms with Gasteiger partial charge in [0.2, 0.25) is 0 Å². The number of hydrogen-bond donors (Lipinski definition) is 2. The fraction of sp³-hybridized carbons (Fsp3) is 0.667. The van der Waals surface area contributed by atoms with Crippen LogP contribution in [0.1, 0.15) is 19.0 Å². The average molecular weight is 199 g/mol. The number of aromatic nitrogens is 2. The van der Waals surface area contributed by atoms with Crippen molar-refractivity contribution >= 4 is 17.7 Å². The van der Waals surface area contributed by atoms with Crippen LogP contribution >= 0.6 is 11.8 Å². The lowest BCUT2D eigenvalue weighted by atomic mass is 10.3. The van der Waals surface area contributed by atoms with Gasteiger partial charge in [0.05, 0.1) is 0 Å². The summed E-state index contributed by atoms with van der Waals surface area (Å²) in [6.07, 6.45) is 5.14. The molecule has 0 aromatic carbocycles. The molecule has 0 amide bonds. The third kappa shape index (κ3) is 3.72. The van der Waals surface area contributed by atoms with Gasteiger partial charge in [0.15, 0.2) is 5.95 Å². The van der Waals surface area contributed by atoms with Crippen molar-refractivity contribution in [3.63, 3.8) is 0 Å². The Morgan fingerprint density at radius 2 is 2.46 bits per heavy atom. The molecular weight excluding hydrogens is 182 g/mol.